The highest BCUT2D eigenvalue weighted by molar-refractivity contribution is 7.19. The Kier molecular flexibility index (Phi) is 9.76. The topological polar surface area (TPSA) is 142 Å². The normalized spacial score (nSPS) is 16.2. The number of ketones is 1. The zero-order valence-corrected chi connectivity index (χ0v) is 26.8. The maximum Gasteiger partial charge on any atom is 0.223 e. The number of thiophene rings is 1. The maximum absolute atomic E-state index is 12.9. The second kappa shape index (κ2) is 14.3. The van der Waals surface area contributed by atoms with Crippen LogP contribution in [0, 0.1) is 5.41 Å². The van der Waals surface area contributed by atoms with Gasteiger partial charge in [0.15, 0.2) is 17.4 Å². The van der Waals surface area contributed by atoms with Gasteiger partial charge in [0.2, 0.25) is 5.91 Å². The number of pyridine rings is 1. The van der Waals surface area contributed by atoms with Gasteiger partial charge in [0, 0.05) is 92.8 Å². The number of fused-ring (bicyclic) bond motifs is 1. The number of nitrogens with one attached hydrogen (secondary N) is 1. The predicted octanol–water partition coefficient (Wildman–Crippen LogP) is 4.27. The number of aromatic nitrogens is 3. The molecule has 2 saturated heterocycles. The molecule has 0 spiro atoms. The molecule has 5 heterocycles. The van der Waals surface area contributed by atoms with Gasteiger partial charge in [-0.25, -0.2) is 9.97 Å². The molecule has 238 valence electrons. The number of allylic oxidation sites excluding steroid dienone is 1. The minimum Gasteiger partial charge on any atom is -0.398 e. The van der Waals surface area contributed by atoms with Crippen molar-refractivity contribution in [2.45, 2.75) is 26.3 Å². The molecule has 6 rings (SSSR count). The minimum atomic E-state index is -0.0325. The van der Waals surface area contributed by atoms with Crippen LogP contribution in [0.1, 0.15) is 35.9 Å². The van der Waals surface area contributed by atoms with Gasteiger partial charge in [0.1, 0.15) is 0 Å². The first-order valence-electron chi connectivity index (χ1n) is 15.5. The first-order valence-corrected chi connectivity index (χ1v) is 16.4. The van der Waals surface area contributed by atoms with Crippen LogP contribution in [-0.4, -0.2) is 95.1 Å². The first-order chi connectivity index (χ1) is 22.4. The molecule has 46 heavy (non-hydrogen) atoms. The van der Waals surface area contributed by atoms with E-state index in [2.05, 4.69) is 20.9 Å². The van der Waals surface area contributed by atoms with Crippen molar-refractivity contribution in [3.63, 3.8) is 0 Å². The van der Waals surface area contributed by atoms with Crippen molar-refractivity contribution in [3.05, 3.63) is 70.4 Å². The van der Waals surface area contributed by atoms with Crippen molar-refractivity contribution < 1.29 is 14.3 Å². The molecule has 2 fully saturated rings. The molecule has 0 bridgehead atoms. The SMILES string of the molecule is CC(=Cc1ccccn1)C(=O)CCC(=O)N1CCN(Cc2cc3nc(-c4cccc(N)c4C=N)nc(N4CCOCC4)c3s2)CC1. The molecule has 1 amide bonds. The van der Waals surface area contributed by atoms with E-state index in [0.29, 0.717) is 49.0 Å². The Morgan fingerprint density at radius 3 is 2.57 bits per heavy atom. The highest BCUT2D eigenvalue weighted by Crippen LogP contribution is 2.36. The summed E-state index contributed by atoms with van der Waals surface area (Å²) < 4.78 is 6.64. The fourth-order valence-corrected chi connectivity index (χ4v) is 6.96. The Balaban J connectivity index is 1.11. The fraction of sp³-hybridized carbons (Fsp3) is 0.353. The lowest BCUT2D eigenvalue weighted by atomic mass is 10.1. The number of carbonyl (C=O) groups excluding carboxylic acids is 2. The van der Waals surface area contributed by atoms with E-state index in [4.69, 9.17) is 25.8 Å². The molecule has 3 N–H and O–H groups in total. The number of benzene rings is 1. The van der Waals surface area contributed by atoms with Gasteiger partial charge in [0.25, 0.3) is 0 Å². The number of hydrogen-bond acceptors (Lipinski definition) is 11. The summed E-state index contributed by atoms with van der Waals surface area (Å²) in [5.74, 6) is 1.42. The van der Waals surface area contributed by atoms with Crippen LogP contribution < -0.4 is 10.6 Å². The Bertz CT molecular complexity index is 1760. The van der Waals surface area contributed by atoms with E-state index in [1.807, 2.05) is 35.2 Å². The van der Waals surface area contributed by atoms with Crippen LogP contribution in [0.2, 0.25) is 0 Å². The number of Topliss-reactive ketones (excluding diaryl/α,β-unsaturated/α-hetero) is 1. The number of nitrogens with two attached hydrogens (primary N) is 1. The summed E-state index contributed by atoms with van der Waals surface area (Å²) in [5.41, 5.74) is 10.3. The van der Waals surface area contributed by atoms with E-state index >= 15 is 0 Å². The Hall–Kier alpha value is -4.52. The van der Waals surface area contributed by atoms with E-state index < -0.39 is 0 Å². The van der Waals surface area contributed by atoms with Gasteiger partial charge in [-0.15, -0.1) is 11.3 Å². The minimum absolute atomic E-state index is 0.0179. The van der Waals surface area contributed by atoms with Crippen LogP contribution in [0.15, 0.2) is 54.2 Å². The molecule has 4 aromatic rings. The molecule has 0 aliphatic carbocycles. The summed E-state index contributed by atoms with van der Waals surface area (Å²) in [6, 6.07) is 13.3. The van der Waals surface area contributed by atoms with Crippen LogP contribution in [0.3, 0.4) is 0 Å². The third-order valence-corrected chi connectivity index (χ3v) is 9.51. The average molecular weight is 639 g/mol. The van der Waals surface area contributed by atoms with Gasteiger partial charge in [-0.2, -0.15) is 0 Å². The molecule has 0 radical (unpaired) electrons. The van der Waals surface area contributed by atoms with Crippen LogP contribution in [-0.2, 0) is 20.9 Å². The zero-order chi connectivity index (χ0) is 32.0. The number of carbonyl (C=O) groups is 2. The van der Waals surface area contributed by atoms with Gasteiger partial charge in [-0.05, 0) is 42.8 Å². The monoisotopic (exact) mass is 638 g/mol. The molecule has 3 aromatic heterocycles. The van der Waals surface area contributed by atoms with E-state index in [1.165, 1.54) is 11.1 Å². The van der Waals surface area contributed by atoms with Crippen LogP contribution in [0.5, 0.6) is 0 Å². The van der Waals surface area contributed by atoms with Gasteiger partial charge in [-0.1, -0.05) is 18.2 Å². The number of rotatable bonds is 10. The number of piperazine rings is 1. The zero-order valence-electron chi connectivity index (χ0n) is 25.9. The molecule has 0 saturated carbocycles. The third-order valence-electron chi connectivity index (χ3n) is 8.40. The number of nitrogen functional groups attached to an aromatic ring is 1. The van der Waals surface area contributed by atoms with Crippen LogP contribution in [0.4, 0.5) is 11.5 Å². The van der Waals surface area contributed by atoms with Crippen molar-refractivity contribution >= 4 is 57.0 Å². The highest BCUT2D eigenvalue weighted by atomic mass is 32.1. The van der Waals surface area contributed by atoms with Crippen molar-refractivity contribution in [2.75, 3.05) is 63.1 Å². The quantitative estimate of drug-likeness (QED) is 0.148. The predicted molar refractivity (Wildman–Crippen MR) is 182 cm³/mol. The van der Waals surface area contributed by atoms with Crippen LogP contribution >= 0.6 is 11.3 Å². The van der Waals surface area contributed by atoms with E-state index in [9.17, 15) is 9.59 Å². The molecule has 0 atom stereocenters. The Morgan fingerprint density at radius 2 is 1.83 bits per heavy atom. The molecule has 2 aliphatic heterocycles. The lowest BCUT2D eigenvalue weighted by Gasteiger charge is -2.34. The fourth-order valence-electron chi connectivity index (χ4n) is 5.81. The summed E-state index contributed by atoms with van der Waals surface area (Å²) in [6.45, 7) is 8.07. The summed E-state index contributed by atoms with van der Waals surface area (Å²) in [7, 11) is 0. The molecule has 12 heteroatoms. The van der Waals surface area contributed by atoms with E-state index in [0.717, 1.165) is 60.0 Å². The Labute approximate surface area is 272 Å². The maximum atomic E-state index is 12.9. The number of hydrogen-bond donors (Lipinski definition) is 2. The standard InChI is InChI=1S/C34H38N8O3S/c1-23(19-24-5-2-3-10-37-24)30(43)8-9-31(44)41-13-11-40(12-14-41)22-25-20-29-32(46-25)34(42-15-17-45-18-16-42)39-33(38-29)26-6-4-7-28(36)27(26)21-35/h2-7,10,19-21,35H,8-9,11-18,22,36H2,1H3. The van der Waals surface area contributed by atoms with Crippen molar-refractivity contribution in [2.24, 2.45) is 0 Å². The largest absolute Gasteiger partial charge is 0.398 e. The molecular formula is C34H38N8O3S. The van der Waals surface area contributed by atoms with Gasteiger partial charge in [-0.3, -0.25) is 19.5 Å². The second-order valence-electron chi connectivity index (χ2n) is 11.5. The summed E-state index contributed by atoms with van der Waals surface area (Å²) in [4.78, 5) is 47.4. The van der Waals surface area contributed by atoms with Crippen molar-refractivity contribution in [1.29, 1.82) is 5.41 Å². The molecule has 1 aromatic carbocycles. The molecular weight excluding hydrogens is 600 g/mol. The number of anilines is 2. The number of morpholine rings is 1. The smallest absolute Gasteiger partial charge is 0.223 e. The lowest BCUT2D eigenvalue weighted by Crippen LogP contribution is -2.48. The third kappa shape index (κ3) is 7.14. The number of amides is 1. The summed E-state index contributed by atoms with van der Waals surface area (Å²) >= 11 is 1.70. The van der Waals surface area contributed by atoms with Crippen LogP contribution in [0.25, 0.3) is 27.7 Å². The number of ether oxygens (including phenoxy) is 1. The second-order valence-corrected chi connectivity index (χ2v) is 12.6. The Morgan fingerprint density at radius 1 is 1.02 bits per heavy atom. The average Bonchev–Trinajstić information content (AvgIpc) is 3.50. The van der Waals surface area contributed by atoms with Crippen molar-refractivity contribution in [3.8, 4) is 11.4 Å². The first kappa shape index (κ1) is 31.5. The summed E-state index contributed by atoms with van der Waals surface area (Å²) in [5, 5.41) is 7.94. The molecule has 11 nitrogen and oxygen atoms in total. The van der Waals surface area contributed by atoms with Gasteiger partial charge in [0.05, 0.1) is 29.1 Å². The summed E-state index contributed by atoms with van der Waals surface area (Å²) in [6.07, 6.45) is 5.12. The molecule has 2 aliphatic rings. The lowest BCUT2D eigenvalue weighted by molar-refractivity contribution is -0.134. The van der Waals surface area contributed by atoms with E-state index in [-0.39, 0.29) is 24.5 Å². The van der Waals surface area contributed by atoms with Gasteiger partial charge < -0.3 is 25.7 Å². The van der Waals surface area contributed by atoms with Gasteiger partial charge >= 0.3 is 0 Å². The van der Waals surface area contributed by atoms with E-state index in [1.54, 1.807) is 36.6 Å². The molecule has 0 unspecified atom stereocenters. The highest BCUT2D eigenvalue weighted by Gasteiger charge is 2.25. The van der Waals surface area contributed by atoms with Crippen molar-refractivity contribution in [1.82, 2.24) is 24.8 Å². The number of nitrogens with zero attached hydrogens (tertiary/aromatic N) is 6.